The molecular weight excluding hydrogens is 404 g/mol. The number of ether oxygens (including phenoxy) is 1. The largest absolute Gasteiger partial charge is 0.466 e. The van der Waals surface area contributed by atoms with Crippen molar-refractivity contribution in [1.29, 1.82) is 0 Å². The lowest BCUT2D eigenvalue weighted by Gasteiger charge is -2.38. The smallest absolute Gasteiger partial charge is 0.310 e. The molecule has 8 nitrogen and oxygen atoms in total. The summed E-state index contributed by atoms with van der Waals surface area (Å²) in [6, 6.07) is 6.48. The molecule has 1 aromatic carbocycles. The lowest BCUT2D eigenvalue weighted by molar-refractivity contribution is -0.148. The lowest BCUT2D eigenvalue weighted by Crippen LogP contribution is -2.47. The van der Waals surface area contributed by atoms with Crippen molar-refractivity contribution in [2.75, 3.05) is 66.3 Å². The van der Waals surface area contributed by atoms with E-state index in [4.69, 9.17) is 10.5 Å². The number of nitrogen functional groups attached to an aromatic ring is 1. The SMILES string of the molecule is CCOC(=O)C1CCCN(c2ncnc(N3CCN(c4cccc(C)c4C)CC3)c2N)C1. The van der Waals surface area contributed by atoms with E-state index in [2.05, 4.69) is 56.7 Å². The minimum atomic E-state index is -0.136. The van der Waals surface area contributed by atoms with Gasteiger partial charge < -0.3 is 25.2 Å². The van der Waals surface area contributed by atoms with Gasteiger partial charge in [-0.3, -0.25) is 4.79 Å². The molecule has 0 radical (unpaired) electrons. The number of carbonyl (C=O) groups excluding carboxylic acids is 1. The highest BCUT2D eigenvalue weighted by Gasteiger charge is 2.30. The van der Waals surface area contributed by atoms with Crippen molar-refractivity contribution >= 4 is 29.0 Å². The average molecular weight is 439 g/mol. The van der Waals surface area contributed by atoms with Crippen molar-refractivity contribution in [2.45, 2.75) is 33.6 Å². The van der Waals surface area contributed by atoms with Gasteiger partial charge in [-0.05, 0) is 50.8 Å². The molecule has 4 rings (SSSR count). The maximum absolute atomic E-state index is 12.2. The standard InChI is InChI=1S/C24H34N6O2/c1-4-32-24(31)19-8-6-10-30(15-19)23-21(25)22(26-16-27-23)29-13-11-28(12-14-29)20-9-5-7-17(2)18(20)3/h5,7,9,16,19H,4,6,8,10-15,25H2,1-3H3. The maximum atomic E-state index is 12.2. The van der Waals surface area contributed by atoms with Crippen molar-refractivity contribution in [3.8, 4) is 0 Å². The quantitative estimate of drug-likeness (QED) is 0.713. The number of anilines is 4. The highest BCUT2D eigenvalue weighted by atomic mass is 16.5. The molecule has 3 heterocycles. The Kier molecular flexibility index (Phi) is 6.67. The Morgan fingerprint density at radius 1 is 1.06 bits per heavy atom. The van der Waals surface area contributed by atoms with Crippen LogP contribution < -0.4 is 20.4 Å². The Labute approximate surface area is 190 Å². The minimum absolute atomic E-state index is 0.132. The number of esters is 1. The van der Waals surface area contributed by atoms with Crippen LogP contribution in [0.3, 0.4) is 0 Å². The predicted octanol–water partition coefficient (Wildman–Crippen LogP) is 2.78. The van der Waals surface area contributed by atoms with Crippen LogP contribution in [0, 0.1) is 19.8 Å². The van der Waals surface area contributed by atoms with Crippen LogP contribution in [0.25, 0.3) is 0 Å². The summed E-state index contributed by atoms with van der Waals surface area (Å²) in [7, 11) is 0. The van der Waals surface area contributed by atoms with Crippen molar-refractivity contribution in [3.05, 3.63) is 35.7 Å². The van der Waals surface area contributed by atoms with Gasteiger partial charge >= 0.3 is 5.97 Å². The van der Waals surface area contributed by atoms with Crippen molar-refractivity contribution in [2.24, 2.45) is 5.92 Å². The summed E-state index contributed by atoms with van der Waals surface area (Å²) in [6.45, 7) is 11.5. The highest BCUT2D eigenvalue weighted by Crippen LogP contribution is 2.33. The van der Waals surface area contributed by atoms with Gasteiger partial charge in [-0.1, -0.05) is 12.1 Å². The third kappa shape index (κ3) is 4.45. The number of carbonyl (C=O) groups is 1. The van der Waals surface area contributed by atoms with E-state index >= 15 is 0 Å². The van der Waals surface area contributed by atoms with Gasteiger partial charge in [0, 0.05) is 45.0 Å². The molecule has 8 heteroatoms. The summed E-state index contributed by atoms with van der Waals surface area (Å²) in [5.41, 5.74) is 11.1. The fourth-order valence-electron chi connectivity index (χ4n) is 4.74. The first-order valence-corrected chi connectivity index (χ1v) is 11.6. The molecule has 0 aliphatic carbocycles. The highest BCUT2D eigenvalue weighted by molar-refractivity contribution is 5.78. The first kappa shape index (κ1) is 22.2. The van der Waals surface area contributed by atoms with E-state index in [1.165, 1.54) is 16.8 Å². The minimum Gasteiger partial charge on any atom is -0.466 e. The van der Waals surface area contributed by atoms with Gasteiger partial charge in [0.05, 0.1) is 12.5 Å². The fraction of sp³-hybridized carbons (Fsp3) is 0.542. The van der Waals surface area contributed by atoms with Gasteiger partial charge in [-0.25, -0.2) is 9.97 Å². The van der Waals surface area contributed by atoms with Crippen LogP contribution in [0.4, 0.5) is 23.0 Å². The number of piperidine rings is 1. The summed E-state index contributed by atoms with van der Waals surface area (Å²) in [5.74, 6) is 1.24. The number of aromatic nitrogens is 2. The molecule has 1 unspecified atom stereocenters. The summed E-state index contributed by atoms with van der Waals surface area (Å²) in [6.07, 6.45) is 3.34. The lowest BCUT2D eigenvalue weighted by atomic mass is 9.98. The van der Waals surface area contributed by atoms with Crippen LogP contribution in [-0.4, -0.2) is 61.8 Å². The van der Waals surface area contributed by atoms with E-state index < -0.39 is 0 Å². The Bertz CT molecular complexity index is 958. The molecule has 0 amide bonds. The number of rotatable bonds is 5. The van der Waals surface area contributed by atoms with Gasteiger partial charge in [0.25, 0.3) is 0 Å². The predicted molar refractivity (Wildman–Crippen MR) is 128 cm³/mol. The third-order valence-corrected chi connectivity index (χ3v) is 6.68. The number of nitrogens with two attached hydrogens (primary N) is 1. The van der Waals surface area contributed by atoms with Gasteiger partial charge in [-0.15, -0.1) is 0 Å². The Balaban J connectivity index is 1.46. The summed E-state index contributed by atoms with van der Waals surface area (Å²) >= 11 is 0. The van der Waals surface area contributed by atoms with E-state index in [1.807, 2.05) is 6.92 Å². The van der Waals surface area contributed by atoms with Crippen LogP contribution in [0.1, 0.15) is 30.9 Å². The second kappa shape index (κ2) is 9.63. The molecule has 32 heavy (non-hydrogen) atoms. The molecule has 1 aromatic heterocycles. The van der Waals surface area contributed by atoms with E-state index in [0.29, 0.717) is 18.8 Å². The average Bonchev–Trinajstić information content (AvgIpc) is 2.81. The summed E-state index contributed by atoms with van der Waals surface area (Å²) < 4.78 is 5.23. The monoisotopic (exact) mass is 438 g/mol. The molecule has 2 aliphatic rings. The van der Waals surface area contributed by atoms with Gasteiger partial charge in [-0.2, -0.15) is 0 Å². The number of aryl methyl sites for hydroxylation is 1. The van der Waals surface area contributed by atoms with Crippen molar-refractivity contribution < 1.29 is 9.53 Å². The Morgan fingerprint density at radius 3 is 2.47 bits per heavy atom. The van der Waals surface area contributed by atoms with Crippen LogP contribution in [0.2, 0.25) is 0 Å². The summed E-state index contributed by atoms with van der Waals surface area (Å²) in [5, 5.41) is 0. The van der Waals surface area contributed by atoms with Gasteiger partial charge in [0.2, 0.25) is 0 Å². The molecule has 2 fully saturated rings. The van der Waals surface area contributed by atoms with Crippen LogP contribution in [-0.2, 0) is 9.53 Å². The van der Waals surface area contributed by atoms with E-state index in [1.54, 1.807) is 6.33 Å². The van der Waals surface area contributed by atoms with E-state index in [-0.39, 0.29) is 11.9 Å². The molecule has 172 valence electrons. The molecule has 1 atom stereocenters. The topological polar surface area (TPSA) is 87.8 Å². The molecule has 0 bridgehead atoms. The molecule has 2 N–H and O–H groups in total. The molecule has 2 saturated heterocycles. The molecule has 2 aromatic rings. The normalized spacial score (nSPS) is 19.2. The first-order valence-electron chi connectivity index (χ1n) is 11.6. The zero-order chi connectivity index (χ0) is 22.7. The van der Waals surface area contributed by atoms with Crippen LogP contribution >= 0.6 is 0 Å². The molecule has 0 saturated carbocycles. The van der Waals surface area contributed by atoms with E-state index in [9.17, 15) is 4.79 Å². The van der Waals surface area contributed by atoms with E-state index in [0.717, 1.165) is 57.2 Å². The second-order valence-electron chi connectivity index (χ2n) is 8.66. The number of hydrogen-bond acceptors (Lipinski definition) is 8. The molecular formula is C24H34N6O2. The number of hydrogen-bond donors (Lipinski definition) is 1. The number of piperazine rings is 1. The Morgan fingerprint density at radius 2 is 1.75 bits per heavy atom. The zero-order valence-electron chi connectivity index (χ0n) is 19.4. The third-order valence-electron chi connectivity index (χ3n) is 6.68. The van der Waals surface area contributed by atoms with Crippen LogP contribution in [0.15, 0.2) is 24.5 Å². The Hall–Kier alpha value is -3.03. The summed E-state index contributed by atoms with van der Waals surface area (Å²) in [4.78, 5) is 28.0. The number of nitrogens with zero attached hydrogens (tertiary/aromatic N) is 5. The van der Waals surface area contributed by atoms with Crippen LogP contribution in [0.5, 0.6) is 0 Å². The van der Waals surface area contributed by atoms with Crippen molar-refractivity contribution in [1.82, 2.24) is 9.97 Å². The van der Waals surface area contributed by atoms with Gasteiger partial charge in [0.1, 0.15) is 12.0 Å². The number of benzene rings is 1. The maximum Gasteiger partial charge on any atom is 0.310 e. The fourth-order valence-corrected chi connectivity index (χ4v) is 4.74. The molecule has 2 aliphatic heterocycles. The second-order valence-corrected chi connectivity index (χ2v) is 8.66. The van der Waals surface area contributed by atoms with Crippen molar-refractivity contribution in [3.63, 3.8) is 0 Å². The zero-order valence-corrected chi connectivity index (χ0v) is 19.4. The van der Waals surface area contributed by atoms with Gasteiger partial charge in [0.15, 0.2) is 11.6 Å². The molecule has 0 spiro atoms. The first-order chi connectivity index (χ1) is 15.5.